The van der Waals surface area contributed by atoms with E-state index in [1.165, 1.54) is 0 Å². The molecule has 0 fully saturated rings. The maximum Gasteiger partial charge on any atom is 0.338 e. The predicted molar refractivity (Wildman–Crippen MR) is 78.5 cm³/mol. The van der Waals surface area contributed by atoms with E-state index < -0.39 is 0 Å². The molecule has 0 amide bonds. The molecule has 0 aromatic heterocycles. The van der Waals surface area contributed by atoms with Crippen LogP contribution in [0.15, 0.2) is 60.7 Å². The molecule has 2 aromatic carbocycles. The van der Waals surface area contributed by atoms with Crippen molar-refractivity contribution in [1.29, 1.82) is 0 Å². The molecule has 0 saturated heterocycles. The maximum absolute atomic E-state index is 12.1. The summed E-state index contributed by atoms with van der Waals surface area (Å²) in [4.78, 5) is 15.2. The van der Waals surface area contributed by atoms with E-state index in [0.717, 1.165) is 11.1 Å². The lowest BCUT2D eigenvalue weighted by molar-refractivity contribution is -0.117. The van der Waals surface area contributed by atoms with Crippen molar-refractivity contribution in [2.75, 3.05) is 0 Å². The van der Waals surface area contributed by atoms with E-state index in [1.807, 2.05) is 60.7 Å². The van der Waals surface area contributed by atoms with Crippen LogP contribution >= 0.6 is 0 Å². The molecule has 0 atom stereocenters. The van der Waals surface area contributed by atoms with Crippen LogP contribution in [-0.4, -0.2) is 16.3 Å². The first-order chi connectivity index (χ1) is 9.79. The Kier molecular flexibility index (Phi) is 4.99. The molecule has 0 heterocycles. The van der Waals surface area contributed by atoms with E-state index in [0.29, 0.717) is 19.3 Å². The molecule has 3 heteroatoms. The normalized spacial score (nSPS) is 9.80. The highest BCUT2D eigenvalue weighted by Crippen LogP contribution is 2.06. The molecule has 2 rings (SSSR count). The van der Waals surface area contributed by atoms with Gasteiger partial charge in [0.15, 0.2) is 0 Å². The molecule has 0 aliphatic carbocycles. The average Bonchev–Trinajstić information content (AvgIpc) is 2.52. The second-order valence-corrected chi connectivity index (χ2v) is 4.62. The zero-order valence-electron chi connectivity index (χ0n) is 11.2. The third kappa shape index (κ3) is 4.01. The minimum atomic E-state index is -0.111. The van der Waals surface area contributed by atoms with Crippen molar-refractivity contribution in [3.8, 4) is 0 Å². The SMILES string of the molecule is [N-]=[N+]=C(Cc1ccccc1)C(=O)CCc1ccccc1. The topological polar surface area (TPSA) is 53.5 Å². The van der Waals surface area contributed by atoms with E-state index in [4.69, 9.17) is 5.53 Å². The average molecular weight is 264 g/mol. The van der Waals surface area contributed by atoms with Crippen LogP contribution in [0.5, 0.6) is 0 Å². The van der Waals surface area contributed by atoms with Crippen LogP contribution in [-0.2, 0) is 17.6 Å². The van der Waals surface area contributed by atoms with Crippen LogP contribution in [0.2, 0.25) is 0 Å². The largest absolute Gasteiger partial charge is 0.361 e. The number of carbonyl (C=O) groups excluding carboxylic acids is 1. The molecule has 0 bridgehead atoms. The maximum atomic E-state index is 12.1. The van der Waals surface area contributed by atoms with E-state index in [1.54, 1.807) is 0 Å². The van der Waals surface area contributed by atoms with Crippen LogP contribution < -0.4 is 0 Å². The van der Waals surface area contributed by atoms with Gasteiger partial charge in [-0.15, -0.1) is 0 Å². The van der Waals surface area contributed by atoms with Gasteiger partial charge in [0.05, 0.1) is 6.42 Å². The number of ketones is 1. The first-order valence-electron chi connectivity index (χ1n) is 6.61. The minimum Gasteiger partial charge on any atom is -0.361 e. The highest BCUT2D eigenvalue weighted by Gasteiger charge is 2.19. The van der Waals surface area contributed by atoms with Crippen molar-refractivity contribution in [3.05, 3.63) is 77.3 Å². The van der Waals surface area contributed by atoms with Gasteiger partial charge in [0, 0.05) is 6.42 Å². The lowest BCUT2D eigenvalue weighted by Gasteiger charge is -1.99. The van der Waals surface area contributed by atoms with Crippen LogP contribution in [0.4, 0.5) is 0 Å². The molecule has 0 unspecified atom stereocenters. The van der Waals surface area contributed by atoms with Gasteiger partial charge >= 0.3 is 5.71 Å². The summed E-state index contributed by atoms with van der Waals surface area (Å²) in [5.74, 6) is -0.111. The summed E-state index contributed by atoms with van der Waals surface area (Å²) in [6.07, 6.45) is 1.38. The van der Waals surface area contributed by atoms with Gasteiger partial charge in [0.25, 0.3) is 0 Å². The number of hydrogen-bond acceptors (Lipinski definition) is 1. The standard InChI is InChI=1S/C17H16N2O/c18-19-16(13-15-9-5-2-6-10-15)17(20)12-11-14-7-3-1-4-8-14/h1-10H,11-13H2. The van der Waals surface area contributed by atoms with Gasteiger partial charge in [0.2, 0.25) is 5.78 Å². The Balaban J connectivity index is 1.95. The van der Waals surface area contributed by atoms with E-state index in [-0.39, 0.29) is 11.5 Å². The Hall–Kier alpha value is -2.51. The fourth-order valence-corrected chi connectivity index (χ4v) is 2.03. The Labute approximate surface area is 118 Å². The van der Waals surface area contributed by atoms with Gasteiger partial charge < -0.3 is 5.53 Å². The summed E-state index contributed by atoms with van der Waals surface area (Å²) >= 11 is 0. The molecule has 0 N–H and O–H groups in total. The van der Waals surface area contributed by atoms with Crippen molar-refractivity contribution in [3.63, 3.8) is 0 Å². The van der Waals surface area contributed by atoms with Gasteiger partial charge in [-0.3, -0.25) is 4.79 Å². The van der Waals surface area contributed by atoms with E-state index in [9.17, 15) is 4.79 Å². The molecule has 2 aromatic rings. The number of hydrogen-bond donors (Lipinski definition) is 0. The van der Waals surface area contributed by atoms with Gasteiger partial charge in [-0.1, -0.05) is 60.7 Å². The summed E-state index contributed by atoms with van der Waals surface area (Å²) in [5.41, 5.74) is 11.3. The molecule has 3 nitrogen and oxygen atoms in total. The molecule has 20 heavy (non-hydrogen) atoms. The summed E-state index contributed by atoms with van der Waals surface area (Å²) in [5, 5.41) is 0. The van der Waals surface area contributed by atoms with Crippen molar-refractivity contribution in [1.82, 2.24) is 0 Å². The van der Waals surface area contributed by atoms with Crippen molar-refractivity contribution in [2.24, 2.45) is 0 Å². The number of nitrogens with zero attached hydrogens (tertiary/aromatic N) is 2. The number of carbonyl (C=O) groups is 1. The first-order valence-corrected chi connectivity index (χ1v) is 6.61. The smallest absolute Gasteiger partial charge is 0.338 e. The van der Waals surface area contributed by atoms with Gasteiger partial charge in [-0.25, -0.2) is 0 Å². The third-order valence-electron chi connectivity index (χ3n) is 3.14. The second-order valence-electron chi connectivity index (χ2n) is 4.62. The van der Waals surface area contributed by atoms with E-state index >= 15 is 0 Å². The second kappa shape index (κ2) is 7.17. The quantitative estimate of drug-likeness (QED) is 0.449. The molecular weight excluding hydrogens is 248 g/mol. The highest BCUT2D eigenvalue weighted by atomic mass is 16.1. The zero-order valence-corrected chi connectivity index (χ0v) is 11.2. The minimum absolute atomic E-state index is 0.111. The van der Waals surface area contributed by atoms with Gasteiger partial charge in [-0.2, -0.15) is 4.79 Å². The number of rotatable bonds is 6. The molecular formula is C17H16N2O. The molecule has 0 radical (unpaired) electrons. The number of Topliss-reactive ketones (excluding diaryl/α,β-unsaturated/α-hetero) is 1. The van der Waals surface area contributed by atoms with Crippen molar-refractivity contribution >= 4 is 11.5 Å². The lowest BCUT2D eigenvalue weighted by Crippen LogP contribution is -2.18. The monoisotopic (exact) mass is 264 g/mol. The summed E-state index contributed by atoms with van der Waals surface area (Å²) < 4.78 is 0. The first kappa shape index (κ1) is 13.9. The fourth-order valence-electron chi connectivity index (χ4n) is 2.03. The zero-order chi connectivity index (χ0) is 14.2. The Morgan fingerprint density at radius 3 is 2.00 bits per heavy atom. The van der Waals surface area contributed by atoms with Gasteiger partial charge in [0.1, 0.15) is 0 Å². The third-order valence-corrected chi connectivity index (χ3v) is 3.14. The van der Waals surface area contributed by atoms with E-state index in [2.05, 4.69) is 4.79 Å². The number of aryl methyl sites for hydroxylation is 1. The van der Waals surface area contributed by atoms with Gasteiger partial charge in [-0.05, 0) is 17.5 Å². The van der Waals surface area contributed by atoms with Crippen LogP contribution in [0, 0.1) is 0 Å². The molecule has 0 spiro atoms. The Bertz CT molecular complexity index is 614. The van der Waals surface area contributed by atoms with Crippen LogP contribution in [0.25, 0.3) is 5.53 Å². The highest BCUT2D eigenvalue weighted by molar-refractivity contribution is 6.37. The molecule has 0 aliphatic heterocycles. The summed E-state index contributed by atoms with van der Waals surface area (Å²) in [6, 6.07) is 19.4. The van der Waals surface area contributed by atoms with Crippen molar-refractivity contribution < 1.29 is 9.58 Å². The fraction of sp³-hybridized carbons (Fsp3) is 0.176. The Morgan fingerprint density at radius 2 is 1.45 bits per heavy atom. The Morgan fingerprint density at radius 1 is 0.900 bits per heavy atom. The summed E-state index contributed by atoms with van der Waals surface area (Å²) in [6.45, 7) is 0. The lowest BCUT2D eigenvalue weighted by atomic mass is 10.0. The number of benzene rings is 2. The predicted octanol–water partition coefficient (Wildman–Crippen LogP) is 3.10. The molecule has 0 aliphatic rings. The van der Waals surface area contributed by atoms with Crippen LogP contribution in [0.1, 0.15) is 17.5 Å². The molecule has 100 valence electrons. The van der Waals surface area contributed by atoms with Crippen molar-refractivity contribution in [2.45, 2.75) is 19.3 Å². The summed E-state index contributed by atoms with van der Waals surface area (Å²) in [7, 11) is 0. The molecule has 0 saturated carbocycles. The van der Waals surface area contributed by atoms with Crippen LogP contribution in [0.3, 0.4) is 0 Å².